The van der Waals surface area contributed by atoms with Gasteiger partial charge in [-0.25, -0.2) is 8.42 Å². The highest BCUT2D eigenvalue weighted by molar-refractivity contribution is 7.92. The smallest absolute Gasteiger partial charge is 0.381 e. The predicted octanol–water partition coefficient (Wildman–Crippen LogP) is 2.08. The second-order valence-corrected chi connectivity index (χ2v) is 6.74. The van der Waals surface area contributed by atoms with Gasteiger partial charge in [0.25, 0.3) is 0 Å². The van der Waals surface area contributed by atoms with Crippen molar-refractivity contribution in [3.8, 4) is 0 Å². The molecule has 21 heavy (non-hydrogen) atoms. The average Bonchev–Trinajstić information content (AvgIpc) is 2.91. The van der Waals surface area contributed by atoms with Crippen LogP contribution in [0.3, 0.4) is 0 Å². The van der Waals surface area contributed by atoms with Gasteiger partial charge >= 0.3 is 6.18 Å². The summed E-state index contributed by atoms with van der Waals surface area (Å²) in [4.78, 5) is 11.0. The summed E-state index contributed by atoms with van der Waals surface area (Å²) in [6, 6.07) is 3.87. The Morgan fingerprint density at radius 1 is 1.29 bits per heavy atom. The first-order valence-electron chi connectivity index (χ1n) is 6.21. The maximum absolute atomic E-state index is 12.8. The van der Waals surface area contributed by atoms with Crippen molar-refractivity contribution in [2.75, 3.05) is 19.0 Å². The summed E-state index contributed by atoms with van der Waals surface area (Å²) in [5, 5.41) is 0. The van der Waals surface area contributed by atoms with Crippen LogP contribution in [0.1, 0.15) is 12.0 Å². The minimum Gasteiger partial charge on any atom is -0.381 e. The van der Waals surface area contributed by atoms with Crippen molar-refractivity contribution in [3.63, 3.8) is 0 Å². The molecule has 1 atom stereocenters. The van der Waals surface area contributed by atoms with Crippen molar-refractivity contribution in [1.82, 2.24) is 0 Å². The molecule has 8 heteroatoms. The van der Waals surface area contributed by atoms with Crippen molar-refractivity contribution in [2.24, 2.45) is 5.92 Å². The van der Waals surface area contributed by atoms with E-state index in [4.69, 9.17) is 4.74 Å². The van der Waals surface area contributed by atoms with E-state index in [9.17, 15) is 26.4 Å². The molecule has 1 aliphatic heterocycles. The quantitative estimate of drug-likeness (QED) is 0.851. The normalized spacial score (nSPS) is 19.7. The molecule has 0 bridgehead atoms. The van der Waals surface area contributed by atoms with Crippen LogP contribution in [0.5, 0.6) is 0 Å². The van der Waals surface area contributed by atoms with E-state index in [1.54, 1.807) is 0 Å². The molecule has 0 amide bonds. The molecule has 1 aliphatic rings. The summed E-state index contributed by atoms with van der Waals surface area (Å²) >= 11 is 0. The number of hydrogen-bond acceptors (Lipinski definition) is 4. The van der Waals surface area contributed by atoms with Gasteiger partial charge in [0.1, 0.15) is 5.75 Å². The number of hydrogen-bond donors (Lipinski definition) is 0. The molecule has 1 aromatic rings. The molecule has 0 radical (unpaired) electrons. The largest absolute Gasteiger partial charge is 0.417 e. The summed E-state index contributed by atoms with van der Waals surface area (Å²) in [7, 11) is -4.34. The summed E-state index contributed by atoms with van der Waals surface area (Å²) in [6.45, 7) is 0.477. The van der Waals surface area contributed by atoms with Gasteiger partial charge in [0.2, 0.25) is 0 Å². The first-order valence-corrected chi connectivity index (χ1v) is 7.86. The number of rotatable bonds is 4. The number of carbonyl (C=O) groups is 1. The Kier molecular flexibility index (Phi) is 4.38. The molecule has 1 saturated heterocycles. The zero-order valence-electron chi connectivity index (χ0n) is 10.9. The number of carbonyl (C=O) groups excluding carboxylic acids is 1. The SMILES string of the molecule is O=C(CS(=O)(=O)c1ccccc1C(F)(F)F)C1CCOC1. The Balaban J connectivity index is 2.30. The van der Waals surface area contributed by atoms with E-state index in [2.05, 4.69) is 0 Å². The van der Waals surface area contributed by atoms with E-state index < -0.39 is 43.9 Å². The Morgan fingerprint density at radius 3 is 2.52 bits per heavy atom. The lowest BCUT2D eigenvalue weighted by molar-refractivity contribution is -0.140. The lowest BCUT2D eigenvalue weighted by Gasteiger charge is -2.13. The van der Waals surface area contributed by atoms with Crippen molar-refractivity contribution in [3.05, 3.63) is 29.8 Å². The highest BCUT2D eigenvalue weighted by Gasteiger charge is 2.38. The van der Waals surface area contributed by atoms with Crippen LogP contribution < -0.4 is 0 Å². The number of ketones is 1. The third-order valence-corrected chi connectivity index (χ3v) is 4.94. The highest BCUT2D eigenvalue weighted by Crippen LogP contribution is 2.34. The van der Waals surface area contributed by atoms with E-state index >= 15 is 0 Å². The number of benzene rings is 1. The van der Waals surface area contributed by atoms with Gasteiger partial charge in [0, 0.05) is 12.5 Å². The number of sulfone groups is 1. The lowest BCUT2D eigenvalue weighted by atomic mass is 10.1. The molecular formula is C13H13F3O4S. The second-order valence-electron chi connectivity index (χ2n) is 4.78. The van der Waals surface area contributed by atoms with E-state index in [-0.39, 0.29) is 6.61 Å². The number of halogens is 3. The van der Waals surface area contributed by atoms with E-state index in [0.717, 1.165) is 12.1 Å². The molecule has 1 heterocycles. The molecule has 2 rings (SSSR count). The maximum atomic E-state index is 12.8. The zero-order valence-corrected chi connectivity index (χ0v) is 11.7. The summed E-state index contributed by atoms with van der Waals surface area (Å²) in [5.41, 5.74) is -1.25. The zero-order chi connectivity index (χ0) is 15.7. The van der Waals surface area contributed by atoms with E-state index in [0.29, 0.717) is 19.1 Å². The van der Waals surface area contributed by atoms with Crippen LogP contribution in [-0.2, 0) is 25.5 Å². The molecular weight excluding hydrogens is 309 g/mol. The number of alkyl halides is 3. The van der Waals surface area contributed by atoms with Crippen LogP contribution in [0.15, 0.2) is 29.2 Å². The molecule has 1 unspecified atom stereocenters. The Bertz CT molecular complexity index is 631. The lowest BCUT2D eigenvalue weighted by Crippen LogP contribution is -2.25. The molecule has 0 saturated carbocycles. The topological polar surface area (TPSA) is 60.4 Å². The minimum atomic E-state index is -4.79. The number of ether oxygens (including phenoxy) is 1. The Labute approximate surface area is 119 Å². The van der Waals surface area contributed by atoms with Crippen LogP contribution in [0.4, 0.5) is 13.2 Å². The first-order chi connectivity index (χ1) is 9.72. The molecule has 0 aromatic heterocycles. The Morgan fingerprint density at radius 2 is 1.95 bits per heavy atom. The summed E-state index contributed by atoms with van der Waals surface area (Å²) < 4.78 is 67.7. The number of Topliss-reactive ketones (excluding diaryl/α,β-unsaturated/α-hetero) is 1. The monoisotopic (exact) mass is 322 g/mol. The fourth-order valence-electron chi connectivity index (χ4n) is 2.14. The molecule has 0 N–H and O–H groups in total. The van der Waals surface area contributed by atoms with Gasteiger partial charge in [0.15, 0.2) is 15.6 Å². The fourth-order valence-corrected chi connectivity index (χ4v) is 3.71. The van der Waals surface area contributed by atoms with Crippen molar-refractivity contribution < 1.29 is 31.1 Å². The molecule has 0 aliphatic carbocycles. The molecule has 4 nitrogen and oxygen atoms in total. The van der Waals surface area contributed by atoms with Gasteiger partial charge in [-0.1, -0.05) is 12.1 Å². The van der Waals surface area contributed by atoms with E-state index in [1.807, 2.05) is 0 Å². The third kappa shape index (κ3) is 3.62. The van der Waals surface area contributed by atoms with Crippen LogP contribution in [0.2, 0.25) is 0 Å². The Hall–Kier alpha value is -1.41. The first kappa shape index (κ1) is 16.0. The van der Waals surface area contributed by atoms with Gasteiger partial charge in [-0.3, -0.25) is 4.79 Å². The highest BCUT2D eigenvalue weighted by atomic mass is 32.2. The minimum absolute atomic E-state index is 0.120. The van der Waals surface area contributed by atoms with Crippen LogP contribution in [0, 0.1) is 5.92 Å². The van der Waals surface area contributed by atoms with Crippen molar-refractivity contribution in [2.45, 2.75) is 17.5 Å². The van der Waals surface area contributed by atoms with Crippen LogP contribution in [0.25, 0.3) is 0 Å². The third-order valence-electron chi connectivity index (χ3n) is 3.24. The van der Waals surface area contributed by atoms with Crippen molar-refractivity contribution in [1.29, 1.82) is 0 Å². The molecule has 1 fully saturated rings. The van der Waals surface area contributed by atoms with Gasteiger partial charge in [-0.2, -0.15) is 13.2 Å². The maximum Gasteiger partial charge on any atom is 0.417 e. The molecule has 0 spiro atoms. The van der Waals surface area contributed by atoms with Gasteiger partial charge in [0.05, 0.1) is 17.1 Å². The summed E-state index contributed by atoms with van der Waals surface area (Å²) in [6.07, 6.45) is -4.39. The van der Waals surface area contributed by atoms with Crippen LogP contribution >= 0.6 is 0 Å². The fraction of sp³-hybridized carbons (Fsp3) is 0.462. The second kappa shape index (κ2) is 5.76. The average molecular weight is 322 g/mol. The van der Waals surface area contributed by atoms with Crippen molar-refractivity contribution >= 4 is 15.6 Å². The summed E-state index contributed by atoms with van der Waals surface area (Å²) in [5.74, 6) is -2.10. The van der Waals surface area contributed by atoms with Crippen LogP contribution in [-0.4, -0.2) is 33.2 Å². The molecule has 116 valence electrons. The van der Waals surface area contributed by atoms with Gasteiger partial charge < -0.3 is 4.74 Å². The standard InChI is InChI=1S/C13H13F3O4S/c14-13(15,16)10-3-1-2-4-12(10)21(18,19)8-11(17)9-5-6-20-7-9/h1-4,9H,5-8H2. The molecule has 1 aromatic carbocycles. The predicted molar refractivity (Wildman–Crippen MR) is 67.4 cm³/mol. The van der Waals surface area contributed by atoms with E-state index in [1.165, 1.54) is 6.07 Å². The van der Waals surface area contributed by atoms with Gasteiger partial charge in [-0.15, -0.1) is 0 Å². The van der Waals surface area contributed by atoms with Gasteiger partial charge in [-0.05, 0) is 18.6 Å².